The van der Waals surface area contributed by atoms with Crippen LogP contribution in [0.1, 0.15) is 43.4 Å². The lowest BCUT2D eigenvalue weighted by Crippen LogP contribution is -2.36. The summed E-state index contributed by atoms with van der Waals surface area (Å²) in [6.07, 6.45) is -0.333. The molecule has 0 aliphatic carbocycles. The van der Waals surface area contributed by atoms with E-state index in [1.165, 1.54) is 0 Å². The van der Waals surface area contributed by atoms with Crippen LogP contribution in [0.25, 0.3) is 0 Å². The number of hydrogen-bond acceptors (Lipinski definition) is 5. The Labute approximate surface area is 159 Å². The van der Waals surface area contributed by atoms with E-state index in [1.54, 1.807) is 31.4 Å². The summed E-state index contributed by atoms with van der Waals surface area (Å²) < 4.78 is 10.7. The third-order valence-electron chi connectivity index (χ3n) is 4.12. The Kier molecular flexibility index (Phi) is 7.23. The van der Waals surface area contributed by atoms with Gasteiger partial charge in [-0.25, -0.2) is 0 Å². The summed E-state index contributed by atoms with van der Waals surface area (Å²) in [6, 6.07) is 13.6. The summed E-state index contributed by atoms with van der Waals surface area (Å²) in [7, 11) is 1.54. The van der Waals surface area contributed by atoms with E-state index in [1.807, 2.05) is 38.1 Å². The molecule has 1 amide bonds. The van der Waals surface area contributed by atoms with Crippen molar-refractivity contribution in [1.82, 2.24) is 5.32 Å². The Morgan fingerprint density at radius 2 is 1.74 bits per heavy atom. The fourth-order valence-corrected chi connectivity index (χ4v) is 2.72. The predicted molar refractivity (Wildman–Crippen MR) is 99.5 cm³/mol. The lowest BCUT2D eigenvalue weighted by molar-refractivity contribution is -0.306. The number of carbonyl (C=O) groups excluding carboxylic acids is 2. The third kappa shape index (κ3) is 6.02. The van der Waals surface area contributed by atoms with Crippen molar-refractivity contribution in [3.8, 4) is 11.5 Å². The maximum absolute atomic E-state index is 12.3. The molecule has 27 heavy (non-hydrogen) atoms. The molecule has 1 atom stereocenters. The van der Waals surface area contributed by atoms with Crippen LogP contribution in [0.2, 0.25) is 0 Å². The van der Waals surface area contributed by atoms with Gasteiger partial charge in [0.15, 0.2) is 6.61 Å². The van der Waals surface area contributed by atoms with E-state index < -0.39 is 17.9 Å². The zero-order chi connectivity index (χ0) is 19.8. The van der Waals surface area contributed by atoms with Crippen LogP contribution < -0.4 is 19.9 Å². The Balaban J connectivity index is 2.04. The van der Waals surface area contributed by atoms with Gasteiger partial charge in [0.05, 0.1) is 13.2 Å². The van der Waals surface area contributed by atoms with E-state index in [-0.39, 0.29) is 18.9 Å². The van der Waals surface area contributed by atoms with Crippen molar-refractivity contribution in [3.63, 3.8) is 0 Å². The Morgan fingerprint density at radius 1 is 1.07 bits per heavy atom. The fraction of sp³-hybridized carbons (Fsp3) is 0.333. The van der Waals surface area contributed by atoms with Gasteiger partial charge in [-0.3, -0.25) is 4.79 Å². The lowest BCUT2D eigenvalue weighted by atomic mass is 10.0. The smallest absolute Gasteiger partial charge is 0.258 e. The summed E-state index contributed by atoms with van der Waals surface area (Å²) in [5.41, 5.74) is 1.66. The second kappa shape index (κ2) is 9.62. The van der Waals surface area contributed by atoms with Crippen LogP contribution in [0.15, 0.2) is 48.5 Å². The van der Waals surface area contributed by atoms with Crippen LogP contribution in [0.3, 0.4) is 0 Å². The fourth-order valence-electron chi connectivity index (χ4n) is 2.72. The molecular weight excluding hydrogens is 346 g/mol. The first-order valence-corrected chi connectivity index (χ1v) is 8.75. The summed E-state index contributed by atoms with van der Waals surface area (Å²) >= 11 is 0. The molecule has 0 spiro atoms. The van der Waals surface area contributed by atoms with E-state index in [0.717, 1.165) is 5.56 Å². The molecule has 0 bridgehead atoms. The lowest BCUT2D eigenvalue weighted by Gasteiger charge is -2.20. The maximum atomic E-state index is 12.3. The van der Waals surface area contributed by atoms with Gasteiger partial charge in [-0.15, -0.1) is 0 Å². The minimum Gasteiger partial charge on any atom is -0.550 e. The van der Waals surface area contributed by atoms with Crippen molar-refractivity contribution in [2.24, 2.45) is 0 Å². The normalized spacial score (nSPS) is 11.7. The standard InChI is InChI=1S/C21H25NO5/c1-14(2)17-6-4-5-7-19(17)27-13-20(23)22-18(12-21(24)25)15-8-10-16(26-3)11-9-15/h4-11,14,18H,12-13H2,1-3H3,(H,22,23)(H,24,25)/p-1/t18-/m0/s1. The molecule has 144 valence electrons. The van der Waals surface area contributed by atoms with Crippen molar-refractivity contribution < 1.29 is 24.2 Å². The first-order valence-electron chi connectivity index (χ1n) is 8.75. The number of amides is 1. The van der Waals surface area contributed by atoms with Gasteiger partial charge in [0.25, 0.3) is 5.91 Å². The van der Waals surface area contributed by atoms with Crippen molar-refractivity contribution in [2.75, 3.05) is 13.7 Å². The summed E-state index contributed by atoms with van der Waals surface area (Å²) in [4.78, 5) is 23.4. The largest absolute Gasteiger partial charge is 0.550 e. The first kappa shape index (κ1) is 20.3. The quantitative estimate of drug-likeness (QED) is 0.731. The van der Waals surface area contributed by atoms with Gasteiger partial charge in [-0.1, -0.05) is 44.2 Å². The number of carboxylic acids is 1. The van der Waals surface area contributed by atoms with Gasteiger partial charge in [0.1, 0.15) is 11.5 Å². The minimum absolute atomic E-state index is 0.205. The van der Waals surface area contributed by atoms with Crippen LogP contribution in [0.4, 0.5) is 0 Å². The zero-order valence-corrected chi connectivity index (χ0v) is 15.7. The molecule has 6 heteroatoms. The van der Waals surface area contributed by atoms with Crippen molar-refractivity contribution in [3.05, 3.63) is 59.7 Å². The second-order valence-electron chi connectivity index (χ2n) is 6.45. The zero-order valence-electron chi connectivity index (χ0n) is 15.7. The number of ether oxygens (including phenoxy) is 2. The molecule has 2 rings (SSSR count). The van der Waals surface area contributed by atoms with E-state index in [0.29, 0.717) is 17.1 Å². The van der Waals surface area contributed by atoms with Gasteiger partial charge in [0, 0.05) is 12.4 Å². The Bertz CT molecular complexity index is 770. The van der Waals surface area contributed by atoms with Gasteiger partial charge in [0.2, 0.25) is 0 Å². The molecule has 2 aromatic rings. The molecule has 0 unspecified atom stereocenters. The number of methoxy groups -OCH3 is 1. The van der Waals surface area contributed by atoms with Gasteiger partial charge in [-0.05, 0) is 35.2 Å². The molecule has 2 aromatic carbocycles. The summed E-state index contributed by atoms with van der Waals surface area (Å²) in [6.45, 7) is 3.88. The van der Waals surface area contributed by atoms with Crippen LogP contribution in [0.5, 0.6) is 11.5 Å². The molecule has 6 nitrogen and oxygen atoms in total. The number of carboxylic acid groups (broad SMARTS) is 1. The molecule has 0 heterocycles. The molecule has 1 N–H and O–H groups in total. The Hall–Kier alpha value is -3.02. The highest BCUT2D eigenvalue weighted by Gasteiger charge is 2.16. The second-order valence-corrected chi connectivity index (χ2v) is 6.45. The van der Waals surface area contributed by atoms with Crippen LogP contribution >= 0.6 is 0 Å². The molecule has 0 radical (unpaired) electrons. The van der Waals surface area contributed by atoms with Crippen molar-refractivity contribution in [1.29, 1.82) is 0 Å². The highest BCUT2D eigenvalue weighted by Crippen LogP contribution is 2.26. The topological polar surface area (TPSA) is 87.7 Å². The van der Waals surface area contributed by atoms with E-state index in [4.69, 9.17) is 9.47 Å². The van der Waals surface area contributed by atoms with Gasteiger partial charge < -0.3 is 24.7 Å². The average Bonchev–Trinajstić information content (AvgIpc) is 2.65. The molecule has 0 aliphatic rings. The van der Waals surface area contributed by atoms with Crippen molar-refractivity contribution >= 4 is 11.9 Å². The van der Waals surface area contributed by atoms with E-state index >= 15 is 0 Å². The molecule has 0 fully saturated rings. The Morgan fingerprint density at radius 3 is 2.33 bits per heavy atom. The SMILES string of the molecule is COc1ccc([C@H](CC(=O)[O-])NC(=O)COc2ccccc2C(C)C)cc1. The summed E-state index contributed by atoms with van der Waals surface area (Å²) in [5.74, 6) is -0.110. The minimum atomic E-state index is -1.25. The van der Waals surface area contributed by atoms with E-state index in [2.05, 4.69) is 5.32 Å². The average molecular weight is 370 g/mol. The van der Waals surface area contributed by atoms with Crippen LogP contribution in [-0.4, -0.2) is 25.6 Å². The molecule has 0 saturated carbocycles. The molecular formula is C21H24NO5-. The van der Waals surface area contributed by atoms with Crippen molar-refractivity contribution in [2.45, 2.75) is 32.2 Å². The molecule has 0 aromatic heterocycles. The maximum Gasteiger partial charge on any atom is 0.258 e. The predicted octanol–water partition coefficient (Wildman–Crippen LogP) is 2.19. The monoisotopic (exact) mass is 370 g/mol. The third-order valence-corrected chi connectivity index (χ3v) is 4.12. The van der Waals surface area contributed by atoms with Crippen LogP contribution in [0, 0.1) is 0 Å². The van der Waals surface area contributed by atoms with Gasteiger partial charge in [-0.2, -0.15) is 0 Å². The van der Waals surface area contributed by atoms with E-state index in [9.17, 15) is 14.7 Å². The highest BCUT2D eigenvalue weighted by molar-refractivity contribution is 5.79. The number of hydrogen-bond donors (Lipinski definition) is 1. The van der Waals surface area contributed by atoms with Crippen LogP contribution in [-0.2, 0) is 9.59 Å². The number of nitrogens with one attached hydrogen (secondary N) is 1. The number of para-hydroxylation sites is 1. The van der Waals surface area contributed by atoms with Gasteiger partial charge >= 0.3 is 0 Å². The number of benzene rings is 2. The summed E-state index contributed by atoms with van der Waals surface area (Å²) in [5, 5.41) is 13.8. The highest BCUT2D eigenvalue weighted by atomic mass is 16.5. The first-order chi connectivity index (χ1) is 12.9. The molecule has 0 aliphatic heterocycles. The number of rotatable bonds is 9. The molecule has 0 saturated heterocycles. The number of carbonyl (C=O) groups is 2. The number of aliphatic carboxylic acids is 1.